The number of hydrogen-bond acceptors (Lipinski definition) is 2. The maximum absolute atomic E-state index is 11.9. The van der Waals surface area contributed by atoms with Crippen molar-refractivity contribution >= 4 is 24.0 Å². The van der Waals surface area contributed by atoms with E-state index in [-0.39, 0.29) is 18.2 Å². The number of rotatable bonds is 5. The second-order valence-corrected chi connectivity index (χ2v) is 3.41. The van der Waals surface area contributed by atoms with Gasteiger partial charge in [0, 0.05) is 0 Å². The minimum absolute atomic E-state index is 0. The molecule has 0 fully saturated rings. The first kappa shape index (κ1) is 15.4. The molecule has 1 aromatic carbocycles. The summed E-state index contributed by atoms with van der Waals surface area (Å²) in [7, 11) is 0. The van der Waals surface area contributed by atoms with Crippen molar-refractivity contribution in [3.8, 4) is 5.75 Å². The van der Waals surface area contributed by atoms with E-state index in [1.54, 1.807) is 18.2 Å². The maximum atomic E-state index is 11.9. The highest BCUT2D eigenvalue weighted by Gasteiger charge is 2.07. The summed E-state index contributed by atoms with van der Waals surface area (Å²) >= 11 is 5.84. The van der Waals surface area contributed by atoms with Gasteiger partial charge < -0.3 is 10.5 Å². The Morgan fingerprint density at radius 3 is 2.56 bits per heavy atom. The van der Waals surface area contributed by atoms with Crippen LogP contribution in [0, 0.1) is 0 Å². The number of alkyl halides is 2. The standard InChI is InChI=1S/C10H12ClF2NO.ClH/c11-8-5-7(3-4-14)1-2-9(8)15-6-10(12)13;/h1-2,5,10H,3-4,6,14H2;1H. The highest BCUT2D eigenvalue weighted by molar-refractivity contribution is 6.32. The molecule has 1 rings (SSSR count). The Hall–Kier alpha value is -0.580. The average Bonchev–Trinajstić information content (AvgIpc) is 2.17. The minimum atomic E-state index is -2.50. The Morgan fingerprint density at radius 1 is 1.38 bits per heavy atom. The molecule has 0 aliphatic rings. The fourth-order valence-electron chi connectivity index (χ4n) is 1.14. The summed E-state index contributed by atoms with van der Waals surface area (Å²) in [4.78, 5) is 0. The van der Waals surface area contributed by atoms with Crippen LogP contribution in [0.5, 0.6) is 5.75 Å². The van der Waals surface area contributed by atoms with Gasteiger partial charge in [0.2, 0.25) is 0 Å². The van der Waals surface area contributed by atoms with Crippen molar-refractivity contribution in [2.24, 2.45) is 5.73 Å². The van der Waals surface area contributed by atoms with Crippen LogP contribution in [-0.2, 0) is 6.42 Å². The van der Waals surface area contributed by atoms with E-state index in [9.17, 15) is 8.78 Å². The topological polar surface area (TPSA) is 35.2 Å². The summed E-state index contributed by atoms with van der Waals surface area (Å²) in [6.07, 6.45) is -1.79. The molecular formula is C10H13Cl2F2NO. The van der Waals surface area contributed by atoms with Crippen LogP contribution in [0.1, 0.15) is 5.56 Å². The second kappa shape index (κ2) is 7.65. The van der Waals surface area contributed by atoms with Crippen LogP contribution in [0.15, 0.2) is 18.2 Å². The second-order valence-electron chi connectivity index (χ2n) is 3.01. The van der Waals surface area contributed by atoms with E-state index in [4.69, 9.17) is 22.1 Å². The largest absolute Gasteiger partial charge is 0.486 e. The summed E-state index contributed by atoms with van der Waals surface area (Å²) < 4.78 is 28.6. The Balaban J connectivity index is 0.00000225. The van der Waals surface area contributed by atoms with Gasteiger partial charge in [-0.25, -0.2) is 8.78 Å². The van der Waals surface area contributed by atoms with Crippen LogP contribution in [0.3, 0.4) is 0 Å². The Kier molecular flexibility index (Phi) is 7.38. The van der Waals surface area contributed by atoms with Crippen molar-refractivity contribution in [3.63, 3.8) is 0 Å². The molecule has 1 aromatic rings. The number of hydrogen-bond donors (Lipinski definition) is 1. The van der Waals surface area contributed by atoms with Gasteiger partial charge in [0.1, 0.15) is 12.4 Å². The third-order valence-corrected chi connectivity index (χ3v) is 2.09. The van der Waals surface area contributed by atoms with Crippen molar-refractivity contribution in [1.82, 2.24) is 0 Å². The van der Waals surface area contributed by atoms with Crippen molar-refractivity contribution in [2.45, 2.75) is 12.8 Å². The number of benzene rings is 1. The lowest BCUT2D eigenvalue weighted by atomic mass is 10.1. The Labute approximate surface area is 104 Å². The first-order valence-electron chi connectivity index (χ1n) is 4.53. The smallest absolute Gasteiger partial charge is 0.272 e. The van der Waals surface area contributed by atoms with Gasteiger partial charge in [-0.3, -0.25) is 0 Å². The zero-order chi connectivity index (χ0) is 11.3. The molecule has 0 heterocycles. The van der Waals surface area contributed by atoms with E-state index in [0.717, 1.165) is 5.56 Å². The van der Waals surface area contributed by atoms with Gasteiger partial charge in [0.15, 0.2) is 0 Å². The predicted octanol–water partition coefficient (Wildman–Crippen LogP) is 2.91. The lowest BCUT2D eigenvalue weighted by molar-refractivity contribution is 0.0819. The molecule has 0 aromatic heterocycles. The van der Waals surface area contributed by atoms with Gasteiger partial charge in [0.25, 0.3) is 6.43 Å². The van der Waals surface area contributed by atoms with Crippen molar-refractivity contribution in [3.05, 3.63) is 28.8 Å². The molecule has 16 heavy (non-hydrogen) atoms. The van der Waals surface area contributed by atoms with Crippen LogP contribution in [0.2, 0.25) is 5.02 Å². The van der Waals surface area contributed by atoms with Gasteiger partial charge >= 0.3 is 0 Å². The first-order chi connectivity index (χ1) is 7.13. The Bertz CT molecular complexity index is 324. The van der Waals surface area contributed by atoms with Crippen LogP contribution in [-0.4, -0.2) is 19.6 Å². The van der Waals surface area contributed by atoms with Crippen LogP contribution in [0.25, 0.3) is 0 Å². The molecule has 2 N–H and O–H groups in total. The Morgan fingerprint density at radius 2 is 2.06 bits per heavy atom. The molecule has 2 nitrogen and oxygen atoms in total. The van der Waals surface area contributed by atoms with E-state index in [1.165, 1.54) is 0 Å². The van der Waals surface area contributed by atoms with Crippen molar-refractivity contribution in [1.29, 1.82) is 0 Å². The average molecular weight is 272 g/mol. The summed E-state index contributed by atoms with van der Waals surface area (Å²) in [6.45, 7) is -0.122. The van der Waals surface area contributed by atoms with E-state index < -0.39 is 13.0 Å². The lowest BCUT2D eigenvalue weighted by Gasteiger charge is -2.08. The number of nitrogens with two attached hydrogens (primary N) is 1. The van der Waals surface area contributed by atoms with Gasteiger partial charge in [0.05, 0.1) is 5.02 Å². The molecule has 0 spiro atoms. The van der Waals surface area contributed by atoms with E-state index in [0.29, 0.717) is 18.0 Å². The monoisotopic (exact) mass is 271 g/mol. The molecule has 0 saturated heterocycles. The van der Waals surface area contributed by atoms with Crippen molar-refractivity contribution < 1.29 is 13.5 Å². The molecular weight excluding hydrogens is 259 g/mol. The molecule has 0 unspecified atom stereocenters. The molecule has 0 bridgehead atoms. The van der Waals surface area contributed by atoms with E-state index >= 15 is 0 Å². The summed E-state index contributed by atoms with van der Waals surface area (Å²) in [6, 6.07) is 5.02. The van der Waals surface area contributed by atoms with Gasteiger partial charge in [-0.1, -0.05) is 17.7 Å². The first-order valence-corrected chi connectivity index (χ1v) is 4.90. The highest BCUT2D eigenvalue weighted by Crippen LogP contribution is 2.25. The van der Waals surface area contributed by atoms with Crippen LogP contribution < -0.4 is 10.5 Å². The molecule has 0 saturated carbocycles. The number of ether oxygens (including phenoxy) is 1. The minimum Gasteiger partial charge on any atom is -0.486 e. The van der Waals surface area contributed by atoms with Crippen molar-refractivity contribution in [2.75, 3.05) is 13.2 Å². The molecule has 0 radical (unpaired) electrons. The molecule has 0 amide bonds. The molecule has 92 valence electrons. The summed E-state index contributed by atoms with van der Waals surface area (Å²) in [5, 5.41) is 0.335. The molecule has 6 heteroatoms. The number of halogens is 4. The van der Waals surface area contributed by atoms with E-state index in [2.05, 4.69) is 0 Å². The lowest BCUT2D eigenvalue weighted by Crippen LogP contribution is -2.07. The van der Waals surface area contributed by atoms with Crippen LogP contribution in [0.4, 0.5) is 8.78 Å². The highest BCUT2D eigenvalue weighted by atomic mass is 35.5. The molecule has 0 aliphatic heterocycles. The van der Waals surface area contributed by atoms with Gasteiger partial charge in [-0.2, -0.15) is 0 Å². The zero-order valence-corrected chi connectivity index (χ0v) is 10.0. The SMILES string of the molecule is Cl.NCCc1ccc(OCC(F)F)c(Cl)c1. The van der Waals surface area contributed by atoms with E-state index in [1.807, 2.05) is 0 Å². The molecule has 0 aliphatic carbocycles. The molecule has 0 atom stereocenters. The fraction of sp³-hybridized carbons (Fsp3) is 0.400. The normalized spacial score (nSPS) is 10.1. The van der Waals surface area contributed by atoms with Gasteiger partial charge in [-0.05, 0) is 30.7 Å². The third kappa shape index (κ3) is 4.96. The zero-order valence-electron chi connectivity index (χ0n) is 8.46. The maximum Gasteiger partial charge on any atom is 0.272 e. The predicted molar refractivity (Wildman–Crippen MR) is 63.0 cm³/mol. The fourth-order valence-corrected chi connectivity index (χ4v) is 1.39. The van der Waals surface area contributed by atoms with Crippen LogP contribution >= 0.6 is 24.0 Å². The third-order valence-electron chi connectivity index (χ3n) is 1.79. The summed E-state index contributed by atoms with van der Waals surface area (Å²) in [5.41, 5.74) is 6.34. The van der Waals surface area contributed by atoms with Gasteiger partial charge in [-0.15, -0.1) is 12.4 Å². The summed E-state index contributed by atoms with van der Waals surface area (Å²) in [5.74, 6) is 0.276. The quantitative estimate of drug-likeness (QED) is 0.894.